The maximum absolute atomic E-state index is 11.5. The second-order valence-electron chi connectivity index (χ2n) is 6.67. The summed E-state index contributed by atoms with van der Waals surface area (Å²) in [6, 6.07) is 10.8. The van der Waals surface area contributed by atoms with Crippen molar-refractivity contribution in [3.8, 4) is 0 Å². The number of nitrogens with zero attached hydrogens (tertiary/aromatic N) is 2. The lowest BCUT2D eigenvalue weighted by atomic mass is 9.79. The minimum Gasteiger partial charge on any atom is -0.380 e. The van der Waals surface area contributed by atoms with E-state index in [-0.39, 0.29) is 11.3 Å². The average molecular weight is 317 g/mol. The van der Waals surface area contributed by atoms with Crippen LogP contribution in [0.5, 0.6) is 0 Å². The van der Waals surface area contributed by atoms with E-state index in [1.807, 2.05) is 0 Å². The van der Waals surface area contributed by atoms with E-state index in [0.717, 1.165) is 52.4 Å². The Morgan fingerprint density at radius 3 is 2.48 bits per heavy atom. The van der Waals surface area contributed by atoms with Crippen molar-refractivity contribution >= 4 is 5.91 Å². The molecule has 0 spiro atoms. The molecule has 5 heteroatoms. The number of carbonyl (C=O) groups excluding carboxylic acids is 1. The van der Waals surface area contributed by atoms with Crippen LogP contribution in [0.1, 0.15) is 12.0 Å². The highest BCUT2D eigenvalue weighted by Gasteiger charge is 2.38. The van der Waals surface area contributed by atoms with E-state index in [9.17, 15) is 4.79 Å². The van der Waals surface area contributed by atoms with Crippen LogP contribution in [-0.2, 0) is 14.9 Å². The molecule has 1 atom stereocenters. The molecule has 1 aromatic rings. The van der Waals surface area contributed by atoms with Crippen molar-refractivity contribution in [2.45, 2.75) is 11.8 Å². The van der Waals surface area contributed by atoms with Crippen LogP contribution >= 0.6 is 0 Å². The summed E-state index contributed by atoms with van der Waals surface area (Å²) in [4.78, 5) is 16.3. The maximum atomic E-state index is 11.5. The van der Waals surface area contributed by atoms with Crippen LogP contribution in [0.25, 0.3) is 0 Å². The first-order valence-corrected chi connectivity index (χ1v) is 8.50. The number of hydrogen-bond acceptors (Lipinski definition) is 4. The molecule has 2 fully saturated rings. The zero-order valence-electron chi connectivity index (χ0n) is 14.0. The Balaban J connectivity index is 1.59. The van der Waals surface area contributed by atoms with E-state index in [1.165, 1.54) is 5.56 Å². The number of hydrogen-bond donors (Lipinski definition) is 1. The Morgan fingerprint density at radius 2 is 1.87 bits per heavy atom. The highest BCUT2D eigenvalue weighted by Crippen LogP contribution is 2.34. The lowest BCUT2D eigenvalue weighted by Gasteiger charge is -2.39. The van der Waals surface area contributed by atoms with E-state index < -0.39 is 0 Å². The SMILES string of the molecule is CNC(=O)CN1CCN(CC2(c3ccccc3)CCOC2)CC1. The van der Waals surface area contributed by atoms with Crippen LogP contribution in [-0.4, -0.2) is 75.2 Å². The fourth-order valence-electron chi connectivity index (χ4n) is 3.66. The van der Waals surface area contributed by atoms with Gasteiger partial charge in [-0.1, -0.05) is 30.3 Å². The molecule has 126 valence electrons. The van der Waals surface area contributed by atoms with Gasteiger partial charge in [0.2, 0.25) is 5.91 Å². The molecular weight excluding hydrogens is 290 g/mol. The van der Waals surface area contributed by atoms with Crippen molar-refractivity contribution in [2.75, 3.05) is 59.5 Å². The Bertz CT molecular complexity index is 506. The maximum Gasteiger partial charge on any atom is 0.233 e. The smallest absolute Gasteiger partial charge is 0.233 e. The van der Waals surface area contributed by atoms with Gasteiger partial charge in [0.05, 0.1) is 13.2 Å². The summed E-state index contributed by atoms with van der Waals surface area (Å²) in [6.45, 7) is 7.18. The number of nitrogens with one attached hydrogen (secondary N) is 1. The Kier molecular flexibility index (Phi) is 5.30. The molecule has 3 rings (SSSR count). The second kappa shape index (κ2) is 7.43. The summed E-state index contributed by atoms with van der Waals surface area (Å²) in [5, 5.41) is 2.70. The van der Waals surface area contributed by atoms with Gasteiger partial charge < -0.3 is 10.1 Å². The summed E-state index contributed by atoms with van der Waals surface area (Å²) >= 11 is 0. The van der Waals surface area contributed by atoms with E-state index in [4.69, 9.17) is 4.74 Å². The van der Waals surface area contributed by atoms with Gasteiger partial charge in [-0.3, -0.25) is 14.6 Å². The summed E-state index contributed by atoms with van der Waals surface area (Å²) in [7, 11) is 1.70. The highest BCUT2D eigenvalue weighted by atomic mass is 16.5. The molecular formula is C18H27N3O2. The Labute approximate surface area is 138 Å². The monoisotopic (exact) mass is 317 g/mol. The van der Waals surface area contributed by atoms with Gasteiger partial charge >= 0.3 is 0 Å². The first-order valence-electron chi connectivity index (χ1n) is 8.50. The minimum atomic E-state index is 0.100. The molecule has 1 amide bonds. The molecule has 1 N–H and O–H groups in total. The van der Waals surface area contributed by atoms with E-state index >= 15 is 0 Å². The van der Waals surface area contributed by atoms with Crippen molar-refractivity contribution in [1.29, 1.82) is 0 Å². The molecule has 0 aliphatic carbocycles. The normalized spacial score (nSPS) is 26.3. The van der Waals surface area contributed by atoms with Gasteiger partial charge in [-0.15, -0.1) is 0 Å². The number of piperazine rings is 1. The van der Waals surface area contributed by atoms with Crippen LogP contribution < -0.4 is 5.32 Å². The number of amides is 1. The van der Waals surface area contributed by atoms with Crippen LogP contribution in [0.2, 0.25) is 0 Å². The predicted octanol–water partition coefficient (Wildman–Crippen LogP) is 0.708. The van der Waals surface area contributed by atoms with E-state index in [2.05, 4.69) is 45.4 Å². The van der Waals surface area contributed by atoms with Crippen molar-refractivity contribution in [2.24, 2.45) is 0 Å². The van der Waals surface area contributed by atoms with Crippen LogP contribution in [0, 0.1) is 0 Å². The van der Waals surface area contributed by atoms with Gasteiger partial charge in [0, 0.05) is 51.8 Å². The van der Waals surface area contributed by atoms with Crippen LogP contribution in [0.3, 0.4) is 0 Å². The molecule has 1 unspecified atom stereocenters. The standard InChI is InChI=1S/C18H27N3O2/c1-19-17(22)13-20-8-10-21(11-9-20)14-18(7-12-23-15-18)16-5-3-2-4-6-16/h2-6H,7-15H2,1H3,(H,19,22). The number of ether oxygens (including phenoxy) is 1. The fraction of sp³-hybridized carbons (Fsp3) is 0.611. The summed E-state index contributed by atoms with van der Waals surface area (Å²) < 4.78 is 5.75. The van der Waals surface area contributed by atoms with Crippen molar-refractivity contribution in [1.82, 2.24) is 15.1 Å². The topological polar surface area (TPSA) is 44.8 Å². The largest absolute Gasteiger partial charge is 0.380 e. The van der Waals surface area contributed by atoms with Crippen LogP contribution in [0.4, 0.5) is 0 Å². The second-order valence-corrected chi connectivity index (χ2v) is 6.67. The van der Waals surface area contributed by atoms with Crippen molar-refractivity contribution in [3.63, 3.8) is 0 Å². The Morgan fingerprint density at radius 1 is 1.17 bits per heavy atom. The lowest BCUT2D eigenvalue weighted by Crippen LogP contribution is -2.52. The minimum absolute atomic E-state index is 0.100. The zero-order chi connectivity index (χ0) is 16.1. The van der Waals surface area contributed by atoms with Crippen LogP contribution in [0.15, 0.2) is 30.3 Å². The lowest BCUT2D eigenvalue weighted by molar-refractivity contribution is -0.122. The van der Waals surface area contributed by atoms with Gasteiger partial charge in [0.25, 0.3) is 0 Å². The van der Waals surface area contributed by atoms with Gasteiger partial charge in [-0.25, -0.2) is 0 Å². The Hall–Kier alpha value is -1.43. The first kappa shape index (κ1) is 16.4. The summed E-state index contributed by atoms with van der Waals surface area (Å²) in [6.07, 6.45) is 1.09. The van der Waals surface area contributed by atoms with Crippen molar-refractivity contribution in [3.05, 3.63) is 35.9 Å². The molecule has 2 heterocycles. The van der Waals surface area contributed by atoms with E-state index in [1.54, 1.807) is 7.05 Å². The molecule has 2 aliphatic heterocycles. The number of rotatable bonds is 5. The predicted molar refractivity (Wildman–Crippen MR) is 90.5 cm³/mol. The molecule has 2 aliphatic rings. The third-order valence-electron chi connectivity index (χ3n) is 5.13. The molecule has 0 radical (unpaired) electrons. The number of carbonyl (C=O) groups is 1. The molecule has 23 heavy (non-hydrogen) atoms. The molecule has 0 bridgehead atoms. The van der Waals surface area contributed by atoms with E-state index in [0.29, 0.717) is 6.54 Å². The fourth-order valence-corrected chi connectivity index (χ4v) is 3.66. The molecule has 0 saturated carbocycles. The third-order valence-corrected chi connectivity index (χ3v) is 5.13. The first-order chi connectivity index (χ1) is 11.2. The third kappa shape index (κ3) is 3.91. The molecule has 0 aromatic heterocycles. The van der Waals surface area contributed by atoms with Gasteiger partial charge in [-0.2, -0.15) is 0 Å². The molecule has 2 saturated heterocycles. The molecule has 1 aromatic carbocycles. The average Bonchev–Trinajstić information content (AvgIpc) is 3.07. The summed E-state index contributed by atoms with van der Waals surface area (Å²) in [5.74, 6) is 0.100. The number of benzene rings is 1. The number of likely N-dealkylation sites (N-methyl/N-ethyl adjacent to an activating group) is 1. The summed E-state index contributed by atoms with van der Waals surface area (Å²) in [5.41, 5.74) is 1.52. The van der Waals surface area contributed by atoms with Gasteiger partial charge in [-0.05, 0) is 12.0 Å². The van der Waals surface area contributed by atoms with Gasteiger partial charge in [0.1, 0.15) is 0 Å². The quantitative estimate of drug-likeness (QED) is 0.869. The van der Waals surface area contributed by atoms with Crippen molar-refractivity contribution < 1.29 is 9.53 Å². The van der Waals surface area contributed by atoms with Gasteiger partial charge in [0.15, 0.2) is 0 Å². The molecule has 5 nitrogen and oxygen atoms in total. The highest BCUT2D eigenvalue weighted by molar-refractivity contribution is 5.77. The zero-order valence-corrected chi connectivity index (χ0v) is 14.0.